The molecular formula is C14H15N3. The van der Waals surface area contributed by atoms with Crippen molar-refractivity contribution in [3.8, 4) is 12.1 Å². The van der Waals surface area contributed by atoms with Gasteiger partial charge in [0, 0.05) is 25.4 Å². The van der Waals surface area contributed by atoms with E-state index in [1.54, 1.807) is 0 Å². The van der Waals surface area contributed by atoms with Gasteiger partial charge in [0.25, 0.3) is 0 Å². The van der Waals surface area contributed by atoms with Crippen LogP contribution in [0.25, 0.3) is 0 Å². The summed E-state index contributed by atoms with van der Waals surface area (Å²) in [7, 11) is 1.99. The van der Waals surface area contributed by atoms with E-state index in [1.807, 2.05) is 31.3 Å². The number of nitriles is 2. The maximum absolute atomic E-state index is 9.06. The first-order valence-corrected chi connectivity index (χ1v) is 5.78. The predicted molar refractivity (Wildman–Crippen MR) is 66.3 cm³/mol. The number of hydrogen-bond acceptors (Lipinski definition) is 3. The second kappa shape index (κ2) is 4.47. The minimum atomic E-state index is 0.173. The van der Waals surface area contributed by atoms with Crippen LogP contribution in [0, 0.1) is 28.1 Å². The molecule has 1 aliphatic carbocycles. The zero-order valence-corrected chi connectivity index (χ0v) is 9.98. The molecule has 0 bridgehead atoms. The lowest BCUT2D eigenvalue weighted by Gasteiger charge is -2.24. The zero-order chi connectivity index (χ0) is 12.3. The molecule has 0 aliphatic heterocycles. The van der Waals surface area contributed by atoms with E-state index < -0.39 is 0 Å². The van der Waals surface area contributed by atoms with E-state index in [4.69, 9.17) is 10.5 Å². The zero-order valence-electron chi connectivity index (χ0n) is 9.98. The Morgan fingerprint density at radius 1 is 1.29 bits per heavy atom. The minimum absolute atomic E-state index is 0.173. The SMILES string of the molecule is CN(CC1(CC#N)CC1)c1ccccc1C#N. The molecular weight excluding hydrogens is 210 g/mol. The highest BCUT2D eigenvalue weighted by atomic mass is 15.1. The number of nitrogens with zero attached hydrogens (tertiary/aromatic N) is 3. The van der Waals surface area contributed by atoms with Crippen LogP contribution in [0.15, 0.2) is 24.3 Å². The summed E-state index contributed by atoms with van der Waals surface area (Å²) in [5.74, 6) is 0. The minimum Gasteiger partial charge on any atom is -0.373 e. The molecule has 2 rings (SSSR count). The number of rotatable bonds is 4. The predicted octanol–water partition coefficient (Wildman–Crippen LogP) is 2.69. The van der Waals surface area contributed by atoms with Gasteiger partial charge in [-0.15, -0.1) is 0 Å². The Morgan fingerprint density at radius 2 is 2.00 bits per heavy atom. The van der Waals surface area contributed by atoms with Gasteiger partial charge in [-0.25, -0.2) is 0 Å². The van der Waals surface area contributed by atoms with E-state index in [1.165, 1.54) is 0 Å². The Bertz CT molecular complexity index is 489. The third kappa shape index (κ3) is 2.40. The molecule has 1 saturated carbocycles. The first-order chi connectivity index (χ1) is 8.21. The van der Waals surface area contributed by atoms with Gasteiger partial charge in [0.2, 0.25) is 0 Å². The highest BCUT2D eigenvalue weighted by Crippen LogP contribution is 2.49. The van der Waals surface area contributed by atoms with E-state index >= 15 is 0 Å². The Balaban J connectivity index is 2.13. The number of anilines is 1. The quantitative estimate of drug-likeness (QED) is 0.791. The first-order valence-electron chi connectivity index (χ1n) is 5.78. The monoisotopic (exact) mass is 225 g/mol. The molecule has 0 aromatic heterocycles. The summed E-state index contributed by atoms with van der Waals surface area (Å²) in [6.45, 7) is 0.860. The fraction of sp³-hybridized carbons (Fsp3) is 0.429. The third-order valence-electron chi connectivity index (χ3n) is 3.42. The molecule has 3 nitrogen and oxygen atoms in total. The lowest BCUT2D eigenvalue weighted by atomic mass is 10.0. The van der Waals surface area contributed by atoms with Gasteiger partial charge in [-0.1, -0.05) is 12.1 Å². The van der Waals surface area contributed by atoms with Crippen LogP contribution >= 0.6 is 0 Å². The van der Waals surface area contributed by atoms with Crippen LogP contribution in [-0.4, -0.2) is 13.6 Å². The summed E-state index contributed by atoms with van der Waals surface area (Å²) in [6, 6.07) is 12.1. The van der Waals surface area contributed by atoms with Gasteiger partial charge in [-0.2, -0.15) is 10.5 Å². The molecule has 0 N–H and O–H groups in total. The van der Waals surface area contributed by atoms with Gasteiger partial charge >= 0.3 is 0 Å². The average molecular weight is 225 g/mol. The van der Waals surface area contributed by atoms with Crippen LogP contribution in [0.5, 0.6) is 0 Å². The average Bonchev–Trinajstić information content (AvgIpc) is 3.09. The molecule has 86 valence electrons. The molecule has 0 spiro atoms. The topological polar surface area (TPSA) is 50.8 Å². The van der Waals surface area contributed by atoms with Gasteiger partial charge in [0.15, 0.2) is 0 Å². The molecule has 1 aliphatic rings. The van der Waals surface area contributed by atoms with E-state index in [9.17, 15) is 0 Å². The summed E-state index contributed by atoms with van der Waals surface area (Å²) in [5, 5.41) is 17.9. The van der Waals surface area contributed by atoms with Gasteiger partial charge in [-0.3, -0.25) is 0 Å². The van der Waals surface area contributed by atoms with Crippen LogP contribution in [0.2, 0.25) is 0 Å². The highest BCUT2D eigenvalue weighted by Gasteiger charge is 2.43. The maximum atomic E-state index is 9.06. The van der Waals surface area contributed by atoms with Crippen LogP contribution in [0.1, 0.15) is 24.8 Å². The van der Waals surface area contributed by atoms with Crippen molar-refractivity contribution in [2.75, 3.05) is 18.5 Å². The summed E-state index contributed by atoms with van der Waals surface area (Å²) >= 11 is 0. The van der Waals surface area contributed by atoms with Gasteiger partial charge in [0.05, 0.1) is 17.3 Å². The van der Waals surface area contributed by atoms with Crippen molar-refractivity contribution in [3.63, 3.8) is 0 Å². The van der Waals surface area contributed by atoms with Gasteiger partial charge in [-0.05, 0) is 25.0 Å². The lowest BCUT2D eigenvalue weighted by molar-refractivity contribution is 0.523. The fourth-order valence-electron chi connectivity index (χ4n) is 2.22. The summed E-state index contributed by atoms with van der Waals surface area (Å²) in [6.07, 6.45) is 2.87. The van der Waals surface area contributed by atoms with E-state index in [0.717, 1.165) is 25.1 Å². The van der Waals surface area contributed by atoms with Crippen molar-refractivity contribution in [1.29, 1.82) is 10.5 Å². The highest BCUT2D eigenvalue weighted by molar-refractivity contribution is 5.58. The van der Waals surface area contributed by atoms with E-state index in [2.05, 4.69) is 17.0 Å². The van der Waals surface area contributed by atoms with Crippen molar-refractivity contribution in [1.82, 2.24) is 0 Å². The van der Waals surface area contributed by atoms with Crippen molar-refractivity contribution in [2.45, 2.75) is 19.3 Å². The lowest BCUT2D eigenvalue weighted by Crippen LogP contribution is -2.26. The molecule has 0 radical (unpaired) electrons. The van der Waals surface area contributed by atoms with E-state index in [0.29, 0.717) is 12.0 Å². The number of benzene rings is 1. The van der Waals surface area contributed by atoms with Crippen molar-refractivity contribution in [2.24, 2.45) is 5.41 Å². The molecule has 0 atom stereocenters. The van der Waals surface area contributed by atoms with Gasteiger partial charge in [0.1, 0.15) is 6.07 Å². The molecule has 17 heavy (non-hydrogen) atoms. The molecule has 3 heteroatoms. The summed E-state index contributed by atoms with van der Waals surface area (Å²) in [5.41, 5.74) is 1.83. The third-order valence-corrected chi connectivity index (χ3v) is 3.42. The smallest absolute Gasteiger partial charge is 0.101 e. The maximum Gasteiger partial charge on any atom is 0.101 e. The molecule has 0 unspecified atom stereocenters. The second-order valence-corrected chi connectivity index (χ2v) is 4.82. The molecule has 0 heterocycles. The molecule has 1 aromatic rings. The standard InChI is InChI=1S/C14H15N3/c1-17(11-14(6-7-14)8-9-15)13-5-3-2-4-12(13)10-16/h2-5H,6-8,11H2,1H3. The Hall–Kier alpha value is -2.00. The summed E-state index contributed by atoms with van der Waals surface area (Å²) < 4.78 is 0. The van der Waals surface area contributed by atoms with Crippen molar-refractivity contribution in [3.05, 3.63) is 29.8 Å². The molecule has 1 aromatic carbocycles. The van der Waals surface area contributed by atoms with Crippen LogP contribution in [-0.2, 0) is 0 Å². The van der Waals surface area contributed by atoms with Crippen LogP contribution in [0.3, 0.4) is 0 Å². The Morgan fingerprint density at radius 3 is 2.59 bits per heavy atom. The van der Waals surface area contributed by atoms with Crippen molar-refractivity contribution < 1.29 is 0 Å². The first kappa shape index (κ1) is 11.5. The molecule has 1 fully saturated rings. The number of para-hydroxylation sites is 1. The Labute approximate surface area is 102 Å². The van der Waals surface area contributed by atoms with E-state index in [-0.39, 0.29) is 5.41 Å². The van der Waals surface area contributed by atoms with Crippen LogP contribution in [0.4, 0.5) is 5.69 Å². The Kier molecular flexibility index (Phi) is 3.02. The number of hydrogen-bond donors (Lipinski definition) is 0. The largest absolute Gasteiger partial charge is 0.373 e. The van der Waals surface area contributed by atoms with Crippen molar-refractivity contribution >= 4 is 5.69 Å². The van der Waals surface area contributed by atoms with Gasteiger partial charge < -0.3 is 4.90 Å². The second-order valence-electron chi connectivity index (χ2n) is 4.82. The van der Waals surface area contributed by atoms with Crippen LogP contribution < -0.4 is 4.90 Å². The molecule has 0 saturated heterocycles. The normalized spacial score (nSPS) is 15.7. The molecule has 0 amide bonds. The summed E-state index contributed by atoms with van der Waals surface area (Å²) in [4.78, 5) is 2.10. The fourth-order valence-corrected chi connectivity index (χ4v) is 2.22.